The molecule has 0 atom stereocenters. The Labute approximate surface area is 168 Å². The summed E-state index contributed by atoms with van der Waals surface area (Å²) in [4.78, 5) is 16.8. The number of thiazole rings is 1. The molecule has 3 aromatic rings. The highest BCUT2D eigenvalue weighted by Crippen LogP contribution is 2.35. The highest BCUT2D eigenvalue weighted by atomic mass is 32.1. The lowest BCUT2D eigenvalue weighted by atomic mass is 10.1. The summed E-state index contributed by atoms with van der Waals surface area (Å²) >= 11 is 1.37. The minimum atomic E-state index is -0.152. The minimum absolute atomic E-state index is 0.152. The van der Waals surface area contributed by atoms with Crippen molar-refractivity contribution in [2.24, 2.45) is 0 Å². The van der Waals surface area contributed by atoms with Crippen molar-refractivity contribution in [1.82, 2.24) is 4.98 Å². The second kappa shape index (κ2) is 8.75. The molecule has 0 radical (unpaired) electrons. The Hall–Kier alpha value is -3.06. The van der Waals surface area contributed by atoms with Gasteiger partial charge in [-0.2, -0.15) is 0 Å². The molecule has 0 saturated heterocycles. The van der Waals surface area contributed by atoms with Crippen LogP contribution in [-0.4, -0.2) is 31.7 Å². The quantitative estimate of drug-likeness (QED) is 0.614. The summed E-state index contributed by atoms with van der Waals surface area (Å²) in [5, 5.41) is 8.46. The fourth-order valence-electron chi connectivity index (χ4n) is 2.89. The second-order valence-electron chi connectivity index (χ2n) is 6.27. The number of nitrogens with one attached hydrogen (secondary N) is 2. The van der Waals surface area contributed by atoms with Crippen molar-refractivity contribution in [2.75, 3.05) is 31.4 Å². The Kier molecular flexibility index (Phi) is 6.16. The highest BCUT2D eigenvalue weighted by molar-refractivity contribution is 7.14. The van der Waals surface area contributed by atoms with Crippen LogP contribution in [0.2, 0.25) is 0 Å². The molecule has 0 aliphatic carbocycles. The Morgan fingerprint density at radius 1 is 1.11 bits per heavy atom. The van der Waals surface area contributed by atoms with Crippen molar-refractivity contribution in [3.05, 3.63) is 52.9 Å². The van der Waals surface area contributed by atoms with E-state index in [-0.39, 0.29) is 12.5 Å². The zero-order chi connectivity index (χ0) is 20.1. The smallest absolute Gasteiger partial charge is 0.245 e. The average molecular weight is 398 g/mol. The summed E-state index contributed by atoms with van der Waals surface area (Å²) in [5.74, 6) is 1.26. The van der Waals surface area contributed by atoms with E-state index in [0.717, 1.165) is 28.1 Å². The molecule has 0 unspecified atom stereocenters. The third-order valence-electron chi connectivity index (χ3n) is 4.34. The Morgan fingerprint density at radius 3 is 2.54 bits per heavy atom. The van der Waals surface area contributed by atoms with E-state index in [2.05, 4.69) is 15.6 Å². The maximum atomic E-state index is 12.3. The van der Waals surface area contributed by atoms with Crippen LogP contribution in [0.25, 0.3) is 11.3 Å². The van der Waals surface area contributed by atoms with Crippen LogP contribution >= 0.6 is 11.3 Å². The van der Waals surface area contributed by atoms with Crippen LogP contribution in [0.15, 0.2) is 41.8 Å². The van der Waals surface area contributed by atoms with E-state index in [1.54, 1.807) is 14.2 Å². The zero-order valence-corrected chi connectivity index (χ0v) is 17.1. The number of hydrogen-bond donors (Lipinski definition) is 2. The van der Waals surface area contributed by atoms with E-state index < -0.39 is 0 Å². The van der Waals surface area contributed by atoms with Gasteiger partial charge in [0.15, 0.2) is 5.13 Å². The van der Waals surface area contributed by atoms with Gasteiger partial charge in [0, 0.05) is 16.6 Å². The maximum absolute atomic E-state index is 12.3. The van der Waals surface area contributed by atoms with Crippen molar-refractivity contribution in [1.29, 1.82) is 0 Å². The molecule has 1 aromatic heterocycles. The molecule has 0 bridgehead atoms. The molecule has 0 saturated carbocycles. The van der Waals surface area contributed by atoms with Gasteiger partial charge in [0.1, 0.15) is 11.5 Å². The molecule has 1 heterocycles. The summed E-state index contributed by atoms with van der Waals surface area (Å²) < 4.78 is 10.7. The van der Waals surface area contributed by atoms with Crippen molar-refractivity contribution in [3.63, 3.8) is 0 Å². The molecule has 0 spiro atoms. The first kappa shape index (κ1) is 19.7. The van der Waals surface area contributed by atoms with Crippen LogP contribution in [0.5, 0.6) is 11.5 Å². The highest BCUT2D eigenvalue weighted by Gasteiger charge is 2.13. The topological polar surface area (TPSA) is 72.5 Å². The molecule has 0 fully saturated rings. The predicted molar refractivity (Wildman–Crippen MR) is 114 cm³/mol. The van der Waals surface area contributed by atoms with Gasteiger partial charge in [-0.3, -0.25) is 4.79 Å². The van der Waals surface area contributed by atoms with Gasteiger partial charge in [0.2, 0.25) is 5.91 Å². The molecule has 3 rings (SSSR count). The standard InChI is InChI=1S/C21H23N3O3S/c1-13-6-5-7-14(2)20(13)22-11-19(25)24-21-23-17(12-28-21)16-10-15(26-3)8-9-18(16)27-4/h5-10,12,22H,11H2,1-4H3,(H,23,24,25). The fourth-order valence-corrected chi connectivity index (χ4v) is 3.62. The monoisotopic (exact) mass is 397 g/mol. The average Bonchev–Trinajstić information content (AvgIpc) is 3.15. The van der Waals surface area contributed by atoms with Crippen molar-refractivity contribution in [2.45, 2.75) is 13.8 Å². The summed E-state index contributed by atoms with van der Waals surface area (Å²) in [5.41, 5.74) is 4.73. The van der Waals surface area contributed by atoms with Crippen molar-refractivity contribution < 1.29 is 14.3 Å². The van der Waals surface area contributed by atoms with E-state index in [0.29, 0.717) is 16.6 Å². The first-order chi connectivity index (χ1) is 13.5. The second-order valence-corrected chi connectivity index (χ2v) is 7.13. The van der Waals surface area contributed by atoms with E-state index in [1.807, 2.05) is 55.6 Å². The van der Waals surface area contributed by atoms with E-state index in [9.17, 15) is 4.79 Å². The molecular weight excluding hydrogens is 374 g/mol. The Morgan fingerprint density at radius 2 is 1.86 bits per heavy atom. The summed E-state index contributed by atoms with van der Waals surface area (Å²) in [7, 11) is 3.22. The van der Waals surface area contributed by atoms with E-state index >= 15 is 0 Å². The van der Waals surface area contributed by atoms with Crippen LogP contribution in [0, 0.1) is 13.8 Å². The van der Waals surface area contributed by atoms with Gasteiger partial charge in [-0.15, -0.1) is 11.3 Å². The number of amides is 1. The molecule has 0 aliphatic rings. The first-order valence-electron chi connectivity index (χ1n) is 8.79. The summed E-state index contributed by atoms with van der Waals surface area (Å²) in [6, 6.07) is 11.6. The van der Waals surface area contributed by atoms with Crippen LogP contribution in [0.3, 0.4) is 0 Å². The largest absolute Gasteiger partial charge is 0.497 e. The third-order valence-corrected chi connectivity index (χ3v) is 5.10. The lowest BCUT2D eigenvalue weighted by Crippen LogP contribution is -2.22. The van der Waals surface area contributed by atoms with Gasteiger partial charge < -0.3 is 20.1 Å². The van der Waals surface area contributed by atoms with Gasteiger partial charge in [-0.1, -0.05) is 18.2 Å². The number of aromatic nitrogens is 1. The van der Waals surface area contributed by atoms with Gasteiger partial charge in [0.05, 0.1) is 26.5 Å². The number of rotatable bonds is 7. The van der Waals surface area contributed by atoms with Crippen LogP contribution in [0.1, 0.15) is 11.1 Å². The number of carbonyl (C=O) groups excluding carboxylic acids is 1. The Balaban J connectivity index is 1.69. The summed E-state index contributed by atoms with van der Waals surface area (Å²) in [6.45, 7) is 4.20. The van der Waals surface area contributed by atoms with Crippen LogP contribution < -0.4 is 20.1 Å². The van der Waals surface area contributed by atoms with Crippen LogP contribution in [-0.2, 0) is 4.79 Å². The lowest BCUT2D eigenvalue weighted by molar-refractivity contribution is -0.114. The van der Waals surface area contributed by atoms with Gasteiger partial charge in [-0.05, 0) is 43.2 Å². The number of nitrogens with zero attached hydrogens (tertiary/aromatic N) is 1. The first-order valence-corrected chi connectivity index (χ1v) is 9.67. The lowest BCUT2D eigenvalue weighted by Gasteiger charge is -2.12. The van der Waals surface area contributed by atoms with E-state index in [4.69, 9.17) is 9.47 Å². The number of methoxy groups -OCH3 is 2. The van der Waals surface area contributed by atoms with E-state index in [1.165, 1.54) is 11.3 Å². The minimum Gasteiger partial charge on any atom is -0.497 e. The van der Waals surface area contributed by atoms with Crippen LogP contribution in [0.4, 0.5) is 10.8 Å². The normalized spacial score (nSPS) is 10.4. The number of benzene rings is 2. The number of hydrogen-bond acceptors (Lipinski definition) is 6. The SMILES string of the molecule is COc1ccc(OC)c(-c2csc(NC(=O)CNc3c(C)cccc3C)n2)c1. The molecule has 1 amide bonds. The number of aryl methyl sites for hydroxylation is 2. The predicted octanol–water partition coefficient (Wildman–Crippen LogP) is 4.49. The fraction of sp³-hybridized carbons (Fsp3) is 0.238. The van der Waals surface area contributed by atoms with Crippen molar-refractivity contribution in [3.8, 4) is 22.8 Å². The molecule has 0 aliphatic heterocycles. The molecular formula is C21H23N3O3S. The van der Waals surface area contributed by atoms with Gasteiger partial charge in [-0.25, -0.2) is 4.98 Å². The molecule has 146 valence electrons. The van der Waals surface area contributed by atoms with Gasteiger partial charge >= 0.3 is 0 Å². The summed E-state index contributed by atoms with van der Waals surface area (Å²) in [6.07, 6.45) is 0. The molecule has 7 heteroatoms. The molecule has 28 heavy (non-hydrogen) atoms. The molecule has 2 N–H and O–H groups in total. The zero-order valence-electron chi connectivity index (χ0n) is 16.3. The number of carbonyl (C=O) groups is 1. The number of para-hydroxylation sites is 1. The number of ether oxygens (including phenoxy) is 2. The molecule has 6 nitrogen and oxygen atoms in total. The Bertz CT molecular complexity index is 965. The number of anilines is 2. The third kappa shape index (κ3) is 4.43. The van der Waals surface area contributed by atoms with Crippen molar-refractivity contribution >= 4 is 28.1 Å². The van der Waals surface area contributed by atoms with Gasteiger partial charge in [0.25, 0.3) is 0 Å². The molecule has 2 aromatic carbocycles. The maximum Gasteiger partial charge on any atom is 0.245 e.